The van der Waals surface area contributed by atoms with Crippen LogP contribution in [0.1, 0.15) is 33.6 Å². The van der Waals surface area contributed by atoms with Gasteiger partial charge in [-0.2, -0.15) is 0 Å². The van der Waals surface area contributed by atoms with E-state index >= 15 is 0 Å². The Labute approximate surface area is 157 Å². The molecule has 2 aliphatic rings. The number of hydrogen-bond acceptors (Lipinski definition) is 5. The highest BCUT2D eigenvalue weighted by Gasteiger charge is 2.20. The molecule has 0 bridgehead atoms. The van der Waals surface area contributed by atoms with Gasteiger partial charge in [0, 0.05) is 24.2 Å². The second kappa shape index (κ2) is 7.19. The molecule has 0 saturated carbocycles. The summed E-state index contributed by atoms with van der Waals surface area (Å²) >= 11 is 0. The van der Waals surface area contributed by atoms with Crippen LogP contribution in [-0.4, -0.2) is 38.1 Å². The van der Waals surface area contributed by atoms with Gasteiger partial charge in [0.25, 0.3) is 5.91 Å². The normalized spacial score (nSPS) is 15.5. The minimum atomic E-state index is -0.530. The van der Waals surface area contributed by atoms with Crippen LogP contribution in [0.25, 0.3) is 0 Å². The number of nitrogens with two attached hydrogens (primary N) is 1. The first-order valence-electron chi connectivity index (χ1n) is 9.01. The highest BCUT2D eigenvalue weighted by Crippen LogP contribution is 2.33. The third-order valence-electron chi connectivity index (χ3n) is 4.78. The fourth-order valence-electron chi connectivity index (χ4n) is 3.40. The number of hydrogen-bond donors (Lipinski definition) is 2. The molecule has 140 valence electrons. The van der Waals surface area contributed by atoms with Crippen molar-refractivity contribution in [3.63, 3.8) is 0 Å². The van der Waals surface area contributed by atoms with Gasteiger partial charge in [0.15, 0.2) is 11.5 Å². The summed E-state index contributed by atoms with van der Waals surface area (Å²) in [5, 5.41) is 2.92. The predicted octanol–water partition coefficient (Wildman–Crippen LogP) is 2.41. The minimum absolute atomic E-state index is 0.283. The van der Waals surface area contributed by atoms with E-state index in [1.807, 2.05) is 6.07 Å². The van der Waals surface area contributed by atoms with E-state index in [1.165, 1.54) is 0 Å². The van der Waals surface area contributed by atoms with E-state index in [0.717, 1.165) is 31.6 Å². The number of amides is 2. The monoisotopic (exact) mass is 367 g/mol. The first kappa shape index (κ1) is 17.2. The molecule has 0 spiro atoms. The van der Waals surface area contributed by atoms with Crippen molar-refractivity contribution in [1.82, 2.24) is 0 Å². The summed E-state index contributed by atoms with van der Waals surface area (Å²) in [5.74, 6) is 0.373. The van der Waals surface area contributed by atoms with Gasteiger partial charge in [-0.25, -0.2) is 0 Å². The number of carbonyl (C=O) groups excluding carboxylic acids is 2. The van der Waals surface area contributed by atoms with E-state index < -0.39 is 5.91 Å². The molecule has 2 aromatic carbocycles. The fourth-order valence-corrected chi connectivity index (χ4v) is 3.40. The third kappa shape index (κ3) is 3.53. The molecule has 7 heteroatoms. The number of benzene rings is 2. The molecule has 2 aromatic rings. The number of nitrogens with zero attached hydrogens (tertiary/aromatic N) is 1. The first-order valence-corrected chi connectivity index (χ1v) is 9.01. The Kier molecular flexibility index (Phi) is 4.58. The van der Waals surface area contributed by atoms with Gasteiger partial charge in [-0.1, -0.05) is 0 Å². The maximum absolute atomic E-state index is 12.8. The number of fused-ring (bicyclic) bond motifs is 1. The molecule has 1 saturated heterocycles. The Balaban J connectivity index is 1.63. The van der Waals surface area contributed by atoms with Gasteiger partial charge in [-0.15, -0.1) is 0 Å². The lowest BCUT2D eigenvalue weighted by Gasteiger charge is -2.22. The molecule has 0 atom stereocenters. The average molecular weight is 367 g/mol. The summed E-state index contributed by atoms with van der Waals surface area (Å²) in [7, 11) is 0. The van der Waals surface area contributed by atoms with Gasteiger partial charge in [0.2, 0.25) is 5.91 Å². The summed E-state index contributed by atoms with van der Waals surface area (Å²) in [5.41, 5.74) is 7.69. The maximum atomic E-state index is 12.8. The van der Waals surface area contributed by atoms with Gasteiger partial charge in [0.05, 0.1) is 11.4 Å². The molecule has 0 aromatic heterocycles. The van der Waals surface area contributed by atoms with Gasteiger partial charge in [0.1, 0.15) is 13.2 Å². The molecular formula is C20H21N3O4. The molecule has 3 N–H and O–H groups in total. The fraction of sp³-hybridized carbons (Fsp3) is 0.300. The lowest BCUT2D eigenvalue weighted by Crippen LogP contribution is -2.22. The van der Waals surface area contributed by atoms with Crippen LogP contribution in [-0.2, 0) is 0 Å². The van der Waals surface area contributed by atoms with Crippen molar-refractivity contribution in [1.29, 1.82) is 0 Å². The predicted molar refractivity (Wildman–Crippen MR) is 102 cm³/mol. The molecular weight excluding hydrogens is 346 g/mol. The van der Waals surface area contributed by atoms with Crippen molar-refractivity contribution in [2.75, 3.05) is 36.5 Å². The summed E-state index contributed by atoms with van der Waals surface area (Å²) in [6.45, 7) is 2.79. The third-order valence-corrected chi connectivity index (χ3v) is 4.78. The molecule has 2 heterocycles. The van der Waals surface area contributed by atoms with Crippen LogP contribution in [0.3, 0.4) is 0 Å². The van der Waals surface area contributed by atoms with Crippen molar-refractivity contribution < 1.29 is 19.1 Å². The summed E-state index contributed by atoms with van der Waals surface area (Å²) in [4.78, 5) is 26.6. The van der Waals surface area contributed by atoms with Crippen molar-refractivity contribution in [2.45, 2.75) is 12.8 Å². The standard InChI is InChI=1S/C20H21N3O4/c21-19(24)13-3-5-16(23-7-1-2-8-23)15(11-13)22-20(25)14-4-6-17-18(12-14)27-10-9-26-17/h3-6,11-12H,1-2,7-10H2,(H2,21,24)(H,22,25). The number of anilines is 2. The number of rotatable bonds is 4. The Morgan fingerprint density at radius 3 is 2.37 bits per heavy atom. The largest absolute Gasteiger partial charge is 0.486 e. The highest BCUT2D eigenvalue weighted by molar-refractivity contribution is 6.07. The topological polar surface area (TPSA) is 93.9 Å². The summed E-state index contributed by atoms with van der Waals surface area (Å²) in [6, 6.07) is 10.2. The molecule has 7 nitrogen and oxygen atoms in total. The number of nitrogens with one attached hydrogen (secondary N) is 1. The number of primary amides is 1. The lowest BCUT2D eigenvalue weighted by molar-refractivity contribution is 0.0996. The summed E-state index contributed by atoms with van der Waals surface area (Å²) in [6.07, 6.45) is 2.21. The molecule has 0 unspecified atom stereocenters. The van der Waals surface area contributed by atoms with E-state index in [4.69, 9.17) is 15.2 Å². The minimum Gasteiger partial charge on any atom is -0.486 e. The number of ether oxygens (including phenoxy) is 2. The van der Waals surface area contributed by atoms with Crippen LogP contribution in [0.5, 0.6) is 11.5 Å². The van der Waals surface area contributed by atoms with Crippen molar-refractivity contribution in [3.8, 4) is 11.5 Å². The zero-order valence-electron chi connectivity index (χ0n) is 14.9. The van der Waals surface area contributed by atoms with Crippen LogP contribution >= 0.6 is 0 Å². The van der Waals surface area contributed by atoms with Gasteiger partial charge in [-0.3, -0.25) is 9.59 Å². The Bertz CT molecular complexity index is 891. The van der Waals surface area contributed by atoms with Crippen LogP contribution in [0.2, 0.25) is 0 Å². The highest BCUT2D eigenvalue weighted by atomic mass is 16.6. The smallest absolute Gasteiger partial charge is 0.255 e. The van der Waals surface area contributed by atoms with Crippen molar-refractivity contribution >= 4 is 23.2 Å². The zero-order chi connectivity index (χ0) is 18.8. The van der Waals surface area contributed by atoms with Crippen LogP contribution in [0.4, 0.5) is 11.4 Å². The molecule has 4 rings (SSSR count). The number of carbonyl (C=O) groups is 2. The quantitative estimate of drug-likeness (QED) is 0.865. The van der Waals surface area contributed by atoms with Crippen LogP contribution < -0.4 is 25.4 Å². The first-order chi connectivity index (χ1) is 13.1. The summed E-state index contributed by atoms with van der Waals surface area (Å²) < 4.78 is 11.0. The average Bonchev–Trinajstić information content (AvgIpc) is 3.22. The van der Waals surface area contributed by atoms with Gasteiger partial charge in [-0.05, 0) is 49.2 Å². The van der Waals surface area contributed by atoms with E-state index in [2.05, 4.69) is 10.2 Å². The van der Waals surface area contributed by atoms with E-state index in [0.29, 0.717) is 41.5 Å². The molecule has 0 radical (unpaired) electrons. The van der Waals surface area contributed by atoms with Crippen molar-refractivity contribution in [3.05, 3.63) is 47.5 Å². The maximum Gasteiger partial charge on any atom is 0.255 e. The van der Waals surface area contributed by atoms with Crippen molar-refractivity contribution in [2.24, 2.45) is 5.73 Å². The van der Waals surface area contributed by atoms with Gasteiger partial charge < -0.3 is 25.4 Å². The molecule has 1 fully saturated rings. The Morgan fingerprint density at radius 2 is 1.63 bits per heavy atom. The Hall–Kier alpha value is -3.22. The zero-order valence-corrected chi connectivity index (χ0v) is 14.9. The van der Waals surface area contributed by atoms with E-state index in [-0.39, 0.29) is 5.91 Å². The lowest BCUT2D eigenvalue weighted by atomic mass is 10.1. The SMILES string of the molecule is NC(=O)c1ccc(N2CCCC2)c(NC(=O)c2ccc3c(c2)OCCO3)c1. The second-order valence-corrected chi connectivity index (χ2v) is 6.60. The van der Waals surface area contributed by atoms with Gasteiger partial charge >= 0.3 is 0 Å². The Morgan fingerprint density at radius 1 is 0.926 bits per heavy atom. The van der Waals surface area contributed by atoms with E-state index in [9.17, 15) is 9.59 Å². The molecule has 2 aliphatic heterocycles. The molecule has 27 heavy (non-hydrogen) atoms. The van der Waals surface area contributed by atoms with Crippen LogP contribution in [0.15, 0.2) is 36.4 Å². The van der Waals surface area contributed by atoms with E-state index in [1.54, 1.807) is 30.3 Å². The van der Waals surface area contributed by atoms with Crippen LogP contribution in [0, 0.1) is 0 Å². The molecule has 2 amide bonds. The molecule has 0 aliphatic carbocycles. The second-order valence-electron chi connectivity index (χ2n) is 6.60.